The molecule has 1 aromatic heterocycles. The number of nitrogens with one attached hydrogen (secondary N) is 2. The summed E-state index contributed by atoms with van der Waals surface area (Å²) in [7, 11) is -1.93. The number of imidazole rings is 1. The lowest BCUT2D eigenvalue weighted by Crippen LogP contribution is -2.27. The molecule has 10 nitrogen and oxygen atoms in total. The van der Waals surface area contributed by atoms with Crippen molar-refractivity contribution in [2.45, 2.75) is 13.2 Å². The van der Waals surface area contributed by atoms with Crippen LogP contribution in [0, 0.1) is 15.9 Å². The van der Waals surface area contributed by atoms with E-state index >= 15 is 0 Å². The van der Waals surface area contributed by atoms with Gasteiger partial charge < -0.3 is 19.4 Å². The topological polar surface area (TPSA) is 121 Å². The minimum absolute atomic E-state index is 0.0497. The summed E-state index contributed by atoms with van der Waals surface area (Å²) in [5, 5.41) is 16.2. The Kier molecular flexibility index (Phi) is 9.47. The number of hydrogen-bond donors (Lipinski definition) is 2. The fourth-order valence-corrected chi connectivity index (χ4v) is 4.22. The lowest BCUT2D eigenvalue weighted by atomic mass is 10.2. The SMILES string of the molecule is Cn1c(COc2ccc(COP(=O)(NCCCl)NCCCl)cc2F)cnc1[N+](=O)[O-]. The van der Waals surface area contributed by atoms with Gasteiger partial charge in [0.25, 0.3) is 0 Å². The Labute approximate surface area is 182 Å². The van der Waals surface area contributed by atoms with E-state index in [2.05, 4.69) is 15.2 Å². The molecule has 1 aromatic carbocycles. The first-order valence-electron chi connectivity index (χ1n) is 8.72. The molecule has 0 unspecified atom stereocenters. The number of benzene rings is 1. The van der Waals surface area contributed by atoms with Crippen molar-refractivity contribution in [1.29, 1.82) is 0 Å². The molecule has 30 heavy (non-hydrogen) atoms. The average molecular weight is 484 g/mol. The number of ether oxygens (including phenoxy) is 1. The summed E-state index contributed by atoms with van der Waals surface area (Å²) in [6.45, 7) is 0.264. The highest BCUT2D eigenvalue weighted by molar-refractivity contribution is 7.54. The third-order valence-corrected chi connectivity index (χ3v) is 5.99. The number of nitro groups is 1. The molecule has 0 amide bonds. The Hall–Kier alpha value is -1.75. The number of hydrogen-bond acceptors (Lipinski definition) is 6. The second-order valence-corrected chi connectivity index (χ2v) is 8.69. The fourth-order valence-electron chi connectivity index (χ4n) is 2.33. The average Bonchev–Trinajstić information content (AvgIpc) is 3.09. The van der Waals surface area contributed by atoms with Gasteiger partial charge in [-0.15, -0.1) is 23.2 Å². The summed E-state index contributed by atoms with van der Waals surface area (Å²) in [5.74, 6) is -0.583. The van der Waals surface area contributed by atoms with Gasteiger partial charge in [0, 0.05) is 24.8 Å². The van der Waals surface area contributed by atoms with Crippen molar-refractivity contribution in [3.8, 4) is 5.75 Å². The molecule has 0 fully saturated rings. The normalized spacial score (nSPS) is 11.6. The van der Waals surface area contributed by atoms with Crippen LogP contribution in [0.15, 0.2) is 24.4 Å². The Morgan fingerprint density at radius 3 is 2.47 bits per heavy atom. The van der Waals surface area contributed by atoms with Gasteiger partial charge in [0.2, 0.25) is 0 Å². The molecule has 166 valence electrons. The van der Waals surface area contributed by atoms with Gasteiger partial charge in [0.15, 0.2) is 17.3 Å². The zero-order valence-electron chi connectivity index (χ0n) is 16.0. The van der Waals surface area contributed by atoms with Crippen molar-refractivity contribution >= 4 is 36.8 Å². The molecule has 0 aliphatic rings. The van der Waals surface area contributed by atoms with Crippen molar-refractivity contribution in [2.75, 3.05) is 24.8 Å². The second kappa shape index (κ2) is 11.6. The van der Waals surface area contributed by atoms with Crippen LogP contribution in [-0.4, -0.2) is 39.3 Å². The van der Waals surface area contributed by atoms with Gasteiger partial charge >= 0.3 is 13.6 Å². The Bertz CT molecular complexity index is 904. The molecule has 0 bridgehead atoms. The maximum Gasteiger partial charge on any atom is 0.434 e. The Morgan fingerprint density at radius 1 is 1.27 bits per heavy atom. The van der Waals surface area contributed by atoms with Crippen LogP contribution in [0.1, 0.15) is 11.3 Å². The number of aromatic nitrogens is 2. The van der Waals surface area contributed by atoms with Crippen LogP contribution in [0.5, 0.6) is 5.75 Å². The van der Waals surface area contributed by atoms with Crippen LogP contribution >= 0.6 is 30.9 Å². The van der Waals surface area contributed by atoms with Crippen LogP contribution in [0.4, 0.5) is 10.3 Å². The van der Waals surface area contributed by atoms with Crippen LogP contribution < -0.4 is 14.9 Å². The minimum atomic E-state index is -3.40. The summed E-state index contributed by atoms with van der Waals surface area (Å²) in [6.07, 6.45) is 1.29. The number of alkyl halides is 2. The summed E-state index contributed by atoms with van der Waals surface area (Å²) in [4.78, 5) is 13.9. The van der Waals surface area contributed by atoms with E-state index in [-0.39, 0.29) is 49.8 Å². The highest BCUT2D eigenvalue weighted by Gasteiger charge is 2.22. The zero-order chi connectivity index (χ0) is 22.1. The lowest BCUT2D eigenvalue weighted by molar-refractivity contribution is -0.396. The van der Waals surface area contributed by atoms with Gasteiger partial charge in [-0.2, -0.15) is 0 Å². The summed E-state index contributed by atoms with van der Waals surface area (Å²) >= 11 is 11.2. The number of halogens is 3. The molecule has 2 aromatic rings. The molecule has 1 heterocycles. The zero-order valence-corrected chi connectivity index (χ0v) is 18.4. The van der Waals surface area contributed by atoms with Crippen LogP contribution in [0.2, 0.25) is 0 Å². The van der Waals surface area contributed by atoms with E-state index in [1.54, 1.807) is 6.07 Å². The molecule has 14 heteroatoms. The molecule has 0 saturated heterocycles. The van der Waals surface area contributed by atoms with Crippen LogP contribution in [0.25, 0.3) is 0 Å². The van der Waals surface area contributed by atoms with Gasteiger partial charge in [0.05, 0.1) is 13.7 Å². The fraction of sp³-hybridized carbons (Fsp3) is 0.438. The van der Waals surface area contributed by atoms with Crippen molar-refractivity contribution in [1.82, 2.24) is 19.7 Å². The summed E-state index contributed by atoms with van der Waals surface area (Å²) < 4.78 is 39.1. The van der Waals surface area contributed by atoms with Crippen molar-refractivity contribution < 1.29 is 23.1 Å². The summed E-state index contributed by atoms with van der Waals surface area (Å²) in [6, 6.07) is 4.13. The van der Waals surface area contributed by atoms with E-state index in [1.165, 1.54) is 29.9 Å². The lowest BCUT2D eigenvalue weighted by Gasteiger charge is -2.20. The standard InChI is InChI=1S/C16H21Cl2FN5O5P/c1-23-13(9-20-16(23)24(25)26)11-28-15-3-2-12(8-14(15)19)10-29-30(27,21-6-4-17)22-7-5-18/h2-3,8-9H,4-7,10-11H2,1H3,(H2,21,22,27). The van der Waals surface area contributed by atoms with Crippen molar-refractivity contribution in [3.63, 3.8) is 0 Å². The molecule has 2 N–H and O–H groups in total. The predicted molar refractivity (Wildman–Crippen MR) is 110 cm³/mol. The van der Waals surface area contributed by atoms with Crippen molar-refractivity contribution in [3.05, 3.63) is 51.6 Å². The molecular formula is C16H21Cl2FN5O5P. The highest BCUT2D eigenvalue weighted by atomic mass is 35.5. The quantitative estimate of drug-likeness (QED) is 0.192. The van der Waals surface area contributed by atoms with Gasteiger partial charge in [-0.3, -0.25) is 4.57 Å². The second-order valence-electron chi connectivity index (χ2n) is 5.94. The Morgan fingerprint density at radius 2 is 1.93 bits per heavy atom. The first-order chi connectivity index (χ1) is 14.3. The monoisotopic (exact) mass is 483 g/mol. The van der Waals surface area contributed by atoms with E-state index in [0.29, 0.717) is 11.3 Å². The van der Waals surface area contributed by atoms with E-state index in [1.807, 2.05) is 0 Å². The first kappa shape index (κ1) is 24.5. The maximum atomic E-state index is 14.4. The van der Waals surface area contributed by atoms with Crippen molar-refractivity contribution in [2.24, 2.45) is 7.05 Å². The predicted octanol–water partition coefficient (Wildman–Crippen LogP) is 3.33. The molecule has 2 rings (SSSR count). The summed E-state index contributed by atoms with van der Waals surface area (Å²) in [5.41, 5.74) is 0.835. The molecular weight excluding hydrogens is 463 g/mol. The van der Waals surface area contributed by atoms with E-state index in [4.69, 9.17) is 32.5 Å². The first-order valence-corrected chi connectivity index (χ1v) is 11.4. The van der Waals surface area contributed by atoms with E-state index < -0.39 is 18.4 Å². The minimum Gasteiger partial charge on any atom is -0.483 e. The molecule has 0 saturated carbocycles. The smallest absolute Gasteiger partial charge is 0.434 e. The molecule has 0 spiro atoms. The van der Waals surface area contributed by atoms with Gasteiger partial charge in [-0.1, -0.05) is 11.1 Å². The van der Waals surface area contributed by atoms with E-state index in [9.17, 15) is 19.1 Å². The molecule has 0 aliphatic heterocycles. The Balaban J connectivity index is 1.99. The highest BCUT2D eigenvalue weighted by Crippen LogP contribution is 2.38. The largest absolute Gasteiger partial charge is 0.483 e. The molecule has 0 atom stereocenters. The molecule has 0 radical (unpaired) electrons. The number of nitrogens with zero attached hydrogens (tertiary/aromatic N) is 3. The van der Waals surface area contributed by atoms with Crippen LogP contribution in [-0.2, 0) is 29.4 Å². The molecule has 0 aliphatic carbocycles. The van der Waals surface area contributed by atoms with E-state index in [0.717, 1.165) is 0 Å². The van der Waals surface area contributed by atoms with Crippen LogP contribution in [0.3, 0.4) is 0 Å². The van der Waals surface area contributed by atoms with Gasteiger partial charge in [0.1, 0.15) is 12.8 Å². The van der Waals surface area contributed by atoms with Gasteiger partial charge in [-0.25, -0.2) is 19.1 Å². The van der Waals surface area contributed by atoms with Gasteiger partial charge in [-0.05, 0) is 22.6 Å². The third kappa shape index (κ3) is 6.90. The third-order valence-electron chi connectivity index (χ3n) is 3.84. The number of rotatable bonds is 13. The maximum absolute atomic E-state index is 14.4.